The number of carbonyl (C=O) groups excluding carboxylic acids is 2. The lowest BCUT2D eigenvalue weighted by Crippen LogP contribution is -2.23. The predicted molar refractivity (Wildman–Crippen MR) is 95.2 cm³/mol. The van der Waals surface area contributed by atoms with E-state index in [9.17, 15) is 19.5 Å². The Hall–Kier alpha value is -3.48. The van der Waals surface area contributed by atoms with E-state index in [1.54, 1.807) is 31.5 Å². The number of ketones is 1. The van der Waals surface area contributed by atoms with Crippen LogP contribution in [-0.2, 0) is 4.79 Å². The lowest BCUT2D eigenvalue weighted by Gasteiger charge is -2.27. The monoisotopic (exact) mass is 365 g/mol. The number of phenolic OH excluding ortho intramolecular Hbond substituents is 1. The van der Waals surface area contributed by atoms with Crippen LogP contribution in [0.25, 0.3) is 11.0 Å². The molecule has 1 atom stereocenters. The molecule has 3 heterocycles. The molecule has 1 unspecified atom stereocenters. The average Bonchev–Trinajstić information content (AvgIpc) is 2.60. The van der Waals surface area contributed by atoms with E-state index in [1.807, 2.05) is 0 Å². The van der Waals surface area contributed by atoms with Gasteiger partial charge in [-0.05, 0) is 37.1 Å². The number of rotatable bonds is 2. The Bertz CT molecular complexity index is 1160. The van der Waals surface area contributed by atoms with Crippen molar-refractivity contribution in [1.82, 2.24) is 4.98 Å². The molecule has 0 aliphatic carbocycles. The molecular weight excluding hydrogens is 350 g/mol. The van der Waals surface area contributed by atoms with E-state index in [-0.39, 0.29) is 34.5 Å². The summed E-state index contributed by atoms with van der Waals surface area (Å²) >= 11 is 0. The fourth-order valence-electron chi connectivity index (χ4n) is 3.62. The summed E-state index contributed by atoms with van der Waals surface area (Å²) < 4.78 is 10.8. The van der Waals surface area contributed by atoms with Crippen molar-refractivity contribution in [3.8, 4) is 11.5 Å². The summed E-state index contributed by atoms with van der Waals surface area (Å²) in [4.78, 5) is 40.5. The second-order valence-corrected chi connectivity index (χ2v) is 6.49. The Balaban J connectivity index is 2.20. The van der Waals surface area contributed by atoms with Gasteiger partial charge in [-0.3, -0.25) is 14.6 Å². The molecule has 1 aliphatic rings. The zero-order valence-corrected chi connectivity index (χ0v) is 14.6. The largest absolute Gasteiger partial charge is 0.506 e. The summed E-state index contributed by atoms with van der Waals surface area (Å²) in [6, 6.07) is 4.73. The third kappa shape index (κ3) is 2.59. The Kier molecular flexibility index (Phi) is 3.80. The Labute approximate surface area is 153 Å². The van der Waals surface area contributed by atoms with E-state index >= 15 is 0 Å². The van der Waals surface area contributed by atoms with Crippen molar-refractivity contribution < 1.29 is 23.8 Å². The molecule has 136 valence electrons. The van der Waals surface area contributed by atoms with Crippen molar-refractivity contribution in [2.75, 3.05) is 0 Å². The highest BCUT2D eigenvalue weighted by molar-refractivity contribution is 6.08. The molecule has 27 heavy (non-hydrogen) atoms. The number of aryl methyl sites for hydroxylation is 1. The van der Waals surface area contributed by atoms with Gasteiger partial charge in [0, 0.05) is 29.9 Å². The van der Waals surface area contributed by atoms with Crippen LogP contribution in [0.1, 0.15) is 46.3 Å². The third-order valence-electron chi connectivity index (χ3n) is 4.74. The van der Waals surface area contributed by atoms with Gasteiger partial charge in [-0.2, -0.15) is 0 Å². The standard InChI is InChI=1S/C20H15NO6/c1-9-7-13(23)26-19-15(9)18(25)16(10(2)22)20-17(19)12(8-14(24)27-20)11-3-5-21-6-4-11/h3-7,12,25H,8H2,1-2H3. The third-order valence-corrected chi connectivity index (χ3v) is 4.74. The second-order valence-electron chi connectivity index (χ2n) is 6.49. The molecular formula is C20H15NO6. The Morgan fingerprint density at radius 3 is 2.63 bits per heavy atom. The smallest absolute Gasteiger partial charge is 0.336 e. The summed E-state index contributed by atoms with van der Waals surface area (Å²) in [6.45, 7) is 2.92. The van der Waals surface area contributed by atoms with Gasteiger partial charge in [0.25, 0.3) is 0 Å². The zero-order chi connectivity index (χ0) is 19.3. The molecule has 0 spiro atoms. The van der Waals surface area contributed by atoms with Crippen molar-refractivity contribution in [2.24, 2.45) is 0 Å². The maximum absolute atomic E-state index is 12.3. The fourth-order valence-corrected chi connectivity index (χ4v) is 3.62. The van der Waals surface area contributed by atoms with Crippen LogP contribution in [0.2, 0.25) is 0 Å². The van der Waals surface area contributed by atoms with Crippen LogP contribution in [-0.4, -0.2) is 21.8 Å². The number of fused-ring (bicyclic) bond motifs is 3. The molecule has 1 aromatic carbocycles. The van der Waals surface area contributed by atoms with Gasteiger partial charge >= 0.3 is 11.6 Å². The van der Waals surface area contributed by atoms with Gasteiger partial charge in [-0.25, -0.2) is 4.79 Å². The van der Waals surface area contributed by atoms with Crippen LogP contribution in [0.15, 0.2) is 39.8 Å². The first-order valence-electron chi connectivity index (χ1n) is 8.33. The van der Waals surface area contributed by atoms with Crippen molar-refractivity contribution in [2.45, 2.75) is 26.2 Å². The predicted octanol–water partition coefficient (Wildman–Crippen LogP) is 2.85. The number of hydrogen-bond donors (Lipinski definition) is 1. The van der Waals surface area contributed by atoms with Crippen LogP contribution in [0, 0.1) is 6.92 Å². The van der Waals surface area contributed by atoms with Gasteiger partial charge in [0.1, 0.15) is 16.9 Å². The van der Waals surface area contributed by atoms with E-state index in [2.05, 4.69) is 4.98 Å². The normalized spacial score (nSPS) is 16.1. The number of phenols is 1. The molecule has 7 nitrogen and oxygen atoms in total. The number of hydrogen-bond acceptors (Lipinski definition) is 7. The Morgan fingerprint density at radius 2 is 1.96 bits per heavy atom. The van der Waals surface area contributed by atoms with Crippen molar-refractivity contribution >= 4 is 22.7 Å². The maximum Gasteiger partial charge on any atom is 0.336 e. The minimum atomic E-state index is -0.595. The molecule has 3 aromatic rings. The van der Waals surface area contributed by atoms with Gasteiger partial charge in [-0.15, -0.1) is 0 Å². The number of carbonyl (C=O) groups is 2. The van der Waals surface area contributed by atoms with Crippen LogP contribution in [0.3, 0.4) is 0 Å². The number of ether oxygens (including phenoxy) is 1. The number of aromatic hydroxyl groups is 1. The van der Waals surface area contributed by atoms with Crippen molar-refractivity contribution in [3.63, 3.8) is 0 Å². The lowest BCUT2D eigenvalue weighted by molar-refractivity contribution is -0.135. The molecule has 4 rings (SSSR count). The fraction of sp³-hybridized carbons (Fsp3) is 0.200. The molecule has 0 saturated heterocycles. The molecule has 7 heteroatoms. The van der Waals surface area contributed by atoms with E-state index in [0.29, 0.717) is 11.1 Å². The number of esters is 1. The van der Waals surface area contributed by atoms with Crippen LogP contribution >= 0.6 is 0 Å². The molecule has 1 N–H and O–H groups in total. The SMILES string of the molecule is CC(=O)c1c2c(c3oc(=O)cc(C)c3c1O)C(c1ccncc1)CC(=O)O2. The summed E-state index contributed by atoms with van der Waals surface area (Å²) in [5.41, 5.74) is 1.05. The van der Waals surface area contributed by atoms with Crippen molar-refractivity contribution in [3.05, 3.63) is 63.3 Å². The minimum Gasteiger partial charge on any atom is -0.506 e. The van der Waals surface area contributed by atoms with Crippen LogP contribution in [0.5, 0.6) is 11.5 Å². The van der Waals surface area contributed by atoms with Crippen LogP contribution in [0.4, 0.5) is 0 Å². The highest BCUT2D eigenvalue weighted by Crippen LogP contribution is 2.49. The van der Waals surface area contributed by atoms with E-state index in [4.69, 9.17) is 9.15 Å². The maximum atomic E-state index is 12.3. The summed E-state index contributed by atoms with van der Waals surface area (Å²) in [5, 5.41) is 11.0. The number of Topliss-reactive ketones (excluding diaryl/α,β-unsaturated/α-hetero) is 1. The molecule has 2 aromatic heterocycles. The van der Waals surface area contributed by atoms with Gasteiger partial charge < -0.3 is 14.3 Å². The first kappa shape index (κ1) is 17.0. The molecule has 0 radical (unpaired) electrons. The quantitative estimate of drug-likeness (QED) is 0.322. The summed E-state index contributed by atoms with van der Waals surface area (Å²) in [7, 11) is 0. The van der Waals surface area contributed by atoms with E-state index < -0.39 is 23.3 Å². The zero-order valence-electron chi connectivity index (χ0n) is 14.6. The average molecular weight is 365 g/mol. The summed E-state index contributed by atoms with van der Waals surface area (Å²) in [6.07, 6.45) is 3.18. The highest BCUT2D eigenvalue weighted by atomic mass is 16.5. The molecule has 1 aliphatic heterocycles. The minimum absolute atomic E-state index is 0.00584. The van der Waals surface area contributed by atoms with Crippen LogP contribution < -0.4 is 10.4 Å². The number of nitrogens with zero attached hydrogens (tertiary/aromatic N) is 1. The van der Waals surface area contributed by atoms with E-state index in [1.165, 1.54) is 13.0 Å². The number of benzene rings is 1. The number of pyridine rings is 1. The van der Waals surface area contributed by atoms with Gasteiger partial charge in [0.05, 0.1) is 11.8 Å². The Morgan fingerprint density at radius 1 is 1.26 bits per heavy atom. The molecule has 0 amide bonds. The molecule has 0 saturated carbocycles. The first-order valence-corrected chi connectivity index (χ1v) is 8.33. The molecule has 0 bridgehead atoms. The summed E-state index contributed by atoms with van der Waals surface area (Å²) in [5.74, 6) is -1.92. The first-order chi connectivity index (χ1) is 12.9. The van der Waals surface area contributed by atoms with Crippen molar-refractivity contribution in [1.29, 1.82) is 0 Å². The van der Waals surface area contributed by atoms with Gasteiger partial charge in [0.15, 0.2) is 11.5 Å². The number of aromatic nitrogens is 1. The van der Waals surface area contributed by atoms with E-state index in [0.717, 1.165) is 5.56 Å². The van der Waals surface area contributed by atoms with Gasteiger partial charge in [-0.1, -0.05) is 0 Å². The van der Waals surface area contributed by atoms with Gasteiger partial charge in [0.2, 0.25) is 0 Å². The molecule has 0 fully saturated rings. The topological polar surface area (TPSA) is 107 Å². The lowest BCUT2D eigenvalue weighted by atomic mass is 9.83. The highest BCUT2D eigenvalue weighted by Gasteiger charge is 2.37. The second kappa shape index (κ2) is 6.05.